The Morgan fingerprint density at radius 1 is 1.29 bits per heavy atom. The average molecular weight is 232 g/mol. The van der Waals surface area contributed by atoms with Gasteiger partial charge in [0.15, 0.2) is 0 Å². The lowest BCUT2D eigenvalue weighted by Crippen LogP contribution is -2.04. The Kier molecular flexibility index (Phi) is 4.56. The lowest BCUT2D eigenvalue weighted by atomic mass is 10.1. The first-order chi connectivity index (χ1) is 6.61. The number of nitrogens with one attached hydrogen (secondary N) is 1. The van der Waals surface area contributed by atoms with E-state index < -0.39 is 0 Å². The minimum absolute atomic E-state index is 0.598. The highest BCUT2D eigenvalue weighted by Crippen LogP contribution is 2.29. The van der Waals surface area contributed by atoms with Crippen LogP contribution in [0.5, 0.6) is 0 Å². The zero-order chi connectivity index (χ0) is 10.6. The van der Waals surface area contributed by atoms with Crippen LogP contribution in [0.15, 0.2) is 18.2 Å². The van der Waals surface area contributed by atoms with Crippen LogP contribution in [-0.4, -0.2) is 6.54 Å². The number of hydrogen-bond acceptors (Lipinski definition) is 1. The molecule has 0 saturated carbocycles. The number of halogens is 2. The van der Waals surface area contributed by atoms with Gasteiger partial charge in [-0.25, -0.2) is 0 Å². The molecule has 0 aliphatic rings. The molecule has 1 aromatic carbocycles. The van der Waals surface area contributed by atoms with E-state index in [1.807, 2.05) is 12.1 Å². The van der Waals surface area contributed by atoms with Gasteiger partial charge >= 0.3 is 0 Å². The van der Waals surface area contributed by atoms with Crippen molar-refractivity contribution in [1.29, 1.82) is 0 Å². The molecule has 1 nitrogen and oxygen atoms in total. The van der Waals surface area contributed by atoms with Gasteiger partial charge < -0.3 is 5.32 Å². The Morgan fingerprint density at radius 3 is 2.64 bits per heavy atom. The number of hydrogen-bond donors (Lipinski definition) is 1. The van der Waals surface area contributed by atoms with Gasteiger partial charge in [0.2, 0.25) is 0 Å². The van der Waals surface area contributed by atoms with Gasteiger partial charge in [-0.2, -0.15) is 0 Å². The molecule has 0 radical (unpaired) electrons. The van der Waals surface area contributed by atoms with Gasteiger partial charge in [-0.3, -0.25) is 0 Å². The van der Waals surface area contributed by atoms with Crippen LogP contribution in [0.4, 0.5) is 5.69 Å². The summed E-state index contributed by atoms with van der Waals surface area (Å²) in [5.74, 6) is 0.695. The van der Waals surface area contributed by atoms with Crippen LogP contribution in [0.2, 0.25) is 10.0 Å². The highest BCUT2D eigenvalue weighted by molar-refractivity contribution is 6.43. The van der Waals surface area contributed by atoms with E-state index in [9.17, 15) is 0 Å². The molecule has 1 aromatic rings. The van der Waals surface area contributed by atoms with E-state index in [1.54, 1.807) is 6.07 Å². The Bertz CT molecular complexity index is 297. The Hall–Kier alpha value is -0.400. The van der Waals surface area contributed by atoms with E-state index >= 15 is 0 Å². The third kappa shape index (κ3) is 3.39. The molecule has 0 aliphatic carbocycles. The van der Waals surface area contributed by atoms with Crippen LogP contribution in [-0.2, 0) is 0 Å². The van der Waals surface area contributed by atoms with Crippen molar-refractivity contribution in [2.45, 2.75) is 20.3 Å². The maximum Gasteiger partial charge on any atom is 0.0823 e. The molecule has 0 saturated heterocycles. The zero-order valence-electron chi connectivity index (χ0n) is 8.48. The fourth-order valence-corrected chi connectivity index (χ4v) is 1.50. The van der Waals surface area contributed by atoms with Crippen LogP contribution < -0.4 is 5.32 Å². The van der Waals surface area contributed by atoms with Gasteiger partial charge in [-0.15, -0.1) is 0 Å². The SMILES string of the molecule is CC(C)CCNc1cccc(Cl)c1Cl. The maximum absolute atomic E-state index is 6.01. The van der Waals surface area contributed by atoms with E-state index in [0.717, 1.165) is 18.7 Å². The van der Waals surface area contributed by atoms with Crippen molar-refractivity contribution < 1.29 is 0 Å². The predicted octanol–water partition coefficient (Wildman–Crippen LogP) is 4.45. The topological polar surface area (TPSA) is 12.0 Å². The molecular formula is C11H15Cl2N. The van der Waals surface area contributed by atoms with Crippen molar-refractivity contribution in [2.75, 3.05) is 11.9 Å². The molecule has 0 aliphatic heterocycles. The first-order valence-electron chi connectivity index (χ1n) is 4.79. The zero-order valence-corrected chi connectivity index (χ0v) is 9.99. The van der Waals surface area contributed by atoms with E-state index in [-0.39, 0.29) is 0 Å². The number of anilines is 1. The van der Waals surface area contributed by atoms with Gasteiger partial charge in [0.05, 0.1) is 15.7 Å². The molecule has 0 fully saturated rings. The van der Waals surface area contributed by atoms with Crippen molar-refractivity contribution in [3.05, 3.63) is 28.2 Å². The summed E-state index contributed by atoms with van der Waals surface area (Å²) in [5.41, 5.74) is 0.916. The first kappa shape index (κ1) is 11.7. The Morgan fingerprint density at radius 2 is 2.00 bits per heavy atom. The van der Waals surface area contributed by atoms with Crippen LogP contribution in [0, 0.1) is 5.92 Å². The van der Waals surface area contributed by atoms with Crippen LogP contribution in [0.1, 0.15) is 20.3 Å². The third-order valence-corrected chi connectivity index (χ3v) is 2.81. The fourth-order valence-electron chi connectivity index (χ4n) is 1.14. The first-order valence-corrected chi connectivity index (χ1v) is 5.54. The molecule has 1 N–H and O–H groups in total. The lowest BCUT2D eigenvalue weighted by Gasteiger charge is -2.10. The standard InChI is InChI=1S/C11H15Cl2N/c1-8(2)6-7-14-10-5-3-4-9(12)11(10)13/h3-5,8,14H,6-7H2,1-2H3. The van der Waals surface area contributed by atoms with Gasteiger partial charge in [0.25, 0.3) is 0 Å². The predicted molar refractivity (Wildman–Crippen MR) is 64.4 cm³/mol. The molecule has 3 heteroatoms. The maximum atomic E-state index is 6.01. The van der Waals surface area contributed by atoms with Crippen LogP contribution in [0.25, 0.3) is 0 Å². The fraction of sp³-hybridized carbons (Fsp3) is 0.455. The summed E-state index contributed by atoms with van der Waals surface area (Å²) in [6.45, 7) is 5.32. The number of benzene rings is 1. The highest BCUT2D eigenvalue weighted by atomic mass is 35.5. The normalized spacial score (nSPS) is 10.6. The van der Waals surface area contributed by atoms with Crippen LogP contribution in [0.3, 0.4) is 0 Å². The van der Waals surface area contributed by atoms with Gasteiger partial charge in [0, 0.05) is 6.54 Å². The monoisotopic (exact) mass is 231 g/mol. The second-order valence-corrected chi connectivity index (χ2v) is 4.50. The molecule has 0 unspecified atom stereocenters. The minimum Gasteiger partial charge on any atom is -0.384 e. The summed E-state index contributed by atoms with van der Waals surface area (Å²) in [4.78, 5) is 0. The molecule has 0 spiro atoms. The van der Waals surface area contributed by atoms with E-state index in [2.05, 4.69) is 19.2 Å². The molecule has 78 valence electrons. The highest BCUT2D eigenvalue weighted by Gasteiger charge is 2.03. The van der Waals surface area contributed by atoms with Crippen molar-refractivity contribution in [3.8, 4) is 0 Å². The molecule has 0 heterocycles. The Labute approximate surface area is 95.4 Å². The molecule has 0 amide bonds. The van der Waals surface area contributed by atoms with E-state index in [0.29, 0.717) is 16.0 Å². The van der Waals surface area contributed by atoms with Crippen molar-refractivity contribution in [3.63, 3.8) is 0 Å². The molecule has 0 aromatic heterocycles. The van der Waals surface area contributed by atoms with Crippen molar-refractivity contribution in [1.82, 2.24) is 0 Å². The molecule has 0 atom stereocenters. The second-order valence-electron chi connectivity index (χ2n) is 3.71. The van der Waals surface area contributed by atoms with E-state index in [4.69, 9.17) is 23.2 Å². The molecular weight excluding hydrogens is 217 g/mol. The van der Waals surface area contributed by atoms with Gasteiger partial charge in [-0.05, 0) is 24.5 Å². The molecule has 14 heavy (non-hydrogen) atoms. The Balaban J connectivity index is 2.54. The lowest BCUT2D eigenvalue weighted by molar-refractivity contribution is 0.607. The third-order valence-electron chi connectivity index (χ3n) is 1.99. The van der Waals surface area contributed by atoms with Gasteiger partial charge in [0.1, 0.15) is 0 Å². The number of rotatable bonds is 4. The average Bonchev–Trinajstić information content (AvgIpc) is 2.12. The quantitative estimate of drug-likeness (QED) is 0.808. The summed E-state index contributed by atoms with van der Waals surface area (Å²) in [7, 11) is 0. The smallest absolute Gasteiger partial charge is 0.0823 e. The summed E-state index contributed by atoms with van der Waals surface area (Å²) >= 11 is 11.9. The van der Waals surface area contributed by atoms with E-state index in [1.165, 1.54) is 0 Å². The van der Waals surface area contributed by atoms with Crippen molar-refractivity contribution >= 4 is 28.9 Å². The minimum atomic E-state index is 0.598. The van der Waals surface area contributed by atoms with Crippen LogP contribution >= 0.6 is 23.2 Å². The second kappa shape index (κ2) is 5.47. The van der Waals surface area contributed by atoms with Gasteiger partial charge in [-0.1, -0.05) is 43.1 Å². The summed E-state index contributed by atoms with van der Waals surface area (Å²) in [6.07, 6.45) is 1.13. The summed E-state index contributed by atoms with van der Waals surface area (Å²) in [5, 5.41) is 4.48. The summed E-state index contributed by atoms with van der Waals surface area (Å²) < 4.78 is 0. The largest absolute Gasteiger partial charge is 0.384 e. The summed E-state index contributed by atoms with van der Waals surface area (Å²) in [6, 6.07) is 5.62. The molecule has 0 bridgehead atoms. The molecule has 1 rings (SSSR count). The van der Waals surface area contributed by atoms with Crippen molar-refractivity contribution in [2.24, 2.45) is 5.92 Å².